The molecule has 1 fully saturated rings. The number of hydrogen-bond acceptors (Lipinski definition) is 2. The first-order valence-corrected chi connectivity index (χ1v) is 14.1. The van der Waals surface area contributed by atoms with Gasteiger partial charge in [-0.15, -0.1) is 0 Å². The second-order valence-electron chi connectivity index (χ2n) is 10.2. The van der Waals surface area contributed by atoms with E-state index in [1.54, 1.807) is 0 Å². The highest BCUT2D eigenvalue weighted by Gasteiger charge is 2.40. The maximum Gasteiger partial charge on any atom is 0.317 e. The SMILES string of the molecule is CCCCCCc1ccc(-c2ccc(OC(=O)C3(CCCCCC)CCCCC3)c(Cl)c2)cc1. The number of carbonyl (C=O) groups excluding carboxylic acids is 1. The summed E-state index contributed by atoms with van der Waals surface area (Å²) in [5.74, 6) is 0.409. The predicted molar refractivity (Wildman–Crippen MR) is 145 cm³/mol. The Kier molecular flexibility index (Phi) is 11.0. The molecule has 0 bridgehead atoms. The largest absolute Gasteiger partial charge is 0.425 e. The minimum absolute atomic E-state index is 0.0780. The molecule has 0 atom stereocenters. The number of aryl methyl sites for hydroxylation is 1. The lowest BCUT2D eigenvalue weighted by molar-refractivity contribution is -0.148. The maximum absolute atomic E-state index is 13.3. The van der Waals surface area contributed by atoms with Crippen molar-refractivity contribution >= 4 is 17.6 Å². The zero-order chi connectivity index (χ0) is 24.2. The Labute approximate surface area is 212 Å². The smallest absolute Gasteiger partial charge is 0.317 e. The molecule has 1 aliphatic carbocycles. The normalized spacial score (nSPS) is 15.3. The van der Waals surface area contributed by atoms with E-state index in [9.17, 15) is 4.79 Å². The van der Waals surface area contributed by atoms with Crippen LogP contribution in [0.3, 0.4) is 0 Å². The first kappa shape index (κ1) is 26.8. The Bertz CT molecular complexity index is 881. The zero-order valence-electron chi connectivity index (χ0n) is 21.3. The summed E-state index contributed by atoms with van der Waals surface area (Å²) in [5.41, 5.74) is 3.24. The van der Waals surface area contributed by atoms with Gasteiger partial charge < -0.3 is 4.74 Å². The summed E-state index contributed by atoms with van der Waals surface area (Å²) in [6.45, 7) is 4.47. The van der Waals surface area contributed by atoms with Crippen molar-refractivity contribution in [1.29, 1.82) is 0 Å². The van der Waals surface area contributed by atoms with Crippen LogP contribution in [0.25, 0.3) is 11.1 Å². The monoisotopic (exact) mass is 482 g/mol. The number of carbonyl (C=O) groups is 1. The Balaban J connectivity index is 1.64. The van der Waals surface area contributed by atoms with E-state index in [2.05, 4.69) is 38.1 Å². The molecule has 1 aliphatic rings. The van der Waals surface area contributed by atoms with E-state index in [1.165, 1.54) is 56.9 Å². The lowest BCUT2D eigenvalue weighted by atomic mass is 9.71. The average Bonchev–Trinajstić information content (AvgIpc) is 2.86. The second kappa shape index (κ2) is 13.9. The zero-order valence-corrected chi connectivity index (χ0v) is 22.1. The molecule has 0 saturated heterocycles. The molecule has 186 valence electrons. The Morgan fingerprint density at radius 1 is 0.824 bits per heavy atom. The molecule has 0 spiro atoms. The van der Waals surface area contributed by atoms with Gasteiger partial charge >= 0.3 is 5.97 Å². The average molecular weight is 483 g/mol. The molecule has 2 aromatic carbocycles. The number of benzene rings is 2. The molecular weight excluding hydrogens is 440 g/mol. The lowest BCUT2D eigenvalue weighted by Crippen LogP contribution is -2.37. The van der Waals surface area contributed by atoms with Gasteiger partial charge in [-0.1, -0.05) is 120 Å². The van der Waals surface area contributed by atoms with E-state index in [-0.39, 0.29) is 11.4 Å². The van der Waals surface area contributed by atoms with Crippen LogP contribution in [0.1, 0.15) is 109 Å². The first-order valence-electron chi connectivity index (χ1n) is 13.7. The Hall–Kier alpha value is -1.80. The molecule has 3 rings (SSSR count). The topological polar surface area (TPSA) is 26.3 Å². The molecule has 1 saturated carbocycles. The summed E-state index contributed by atoms with van der Waals surface area (Å²) in [6, 6.07) is 14.6. The Morgan fingerprint density at radius 3 is 2.12 bits per heavy atom. The summed E-state index contributed by atoms with van der Waals surface area (Å²) in [5, 5.41) is 0.506. The van der Waals surface area contributed by atoms with Gasteiger partial charge in [-0.25, -0.2) is 0 Å². The predicted octanol–water partition coefficient (Wildman–Crippen LogP) is 9.96. The van der Waals surface area contributed by atoms with Crippen LogP contribution in [-0.4, -0.2) is 5.97 Å². The van der Waals surface area contributed by atoms with Gasteiger partial charge in [0.2, 0.25) is 0 Å². The number of rotatable bonds is 13. The number of halogens is 1. The highest BCUT2D eigenvalue weighted by atomic mass is 35.5. The van der Waals surface area contributed by atoms with Crippen LogP contribution in [0, 0.1) is 5.41 Å². The van der Waals surface area contributed by atoms with E-state index < -0.39 is 0 Å². The minimum Gasteiger partial charge on any atom is -0.425 e. The van der Waals surface area contributed by atoms with Gasteiger partial charge in [0.25, 0.3) is 0 Å². The molecule has 0 radical (unpaired) electrons. The summed E-state index contributed by atoms with van der Waals surface area (Å²) in [7, 11) is 0. The van der Waals surface area contributed by atoms with Crippen LogP contribution >= 0.6 is 11.6 Å². The van der Waals surface area contributed by atoms with Crippen molar-refractivity contribution in [2.24, 2.45) is 5.41 Å². The number of esters is 1. The molecule has 2 nitrogen and oxygen atoms in total. The fraction of sp³-hybridized carbons (Fsp3) is 0.581. The standard InChI is InChI=1S/C31H43ClO2/c1-3-5-7-10-14-25-15-17-26(18-16-25)27-19-20-29(28(32)24-27)34-30(33)31(21-11-8-6-4-2)22-12-9-13-23-31/h15-20,24H,3-14,21-23H2,1-2H3. The van der Waals surface area contributed by atoms with Crippen molar-refractivity contribution in [3.8, 4) is 16.9 Å². The summed E-state index contributed by atoms with van der Waals surface area (Å²) in [6.07, 6.45) is 17.3. The molecule has 0 aliphatic heterocycles. The van der Waals surface area contributed by atoms with Crippen LogP contribution in [-0.2, 0) is 11.2 Å². The van der Waals surface area contributed by atoms with Crippen LogP contribution in [0.4, 0.5) is 0 Å². The third kappa shape index (κ3) is 7.60. The van der Waals surface area contributed by atoms with Crippen molar-refractivity contribution < 1.29 is 9.53 Å². The van der Waals surface area contributed by atoms with Gasteiger partial charge in [0.15, 0.2) is 0 Å². The summed E-state index contributed by atoms with van der Waals surface area (Å²) in [4.78, 5) is 13.3. The third-order valence-corrected chi connectivity index (χ3v) is 7.79. The first-order chi connectivity index (χ1) is 16.6. The maximum atomic E-state index is 13.3. The van der Waals surface area contributed by atoms with Crippen LogP contribution in [0.5, 0.6) is 5.75 Å². The van der Waals surface area contributed by atoms with E-state index >= 15 is 0 Å². The van der Waals surface area contributed by atoms with Crippen molar-refractivity contribution in [2.75, 3.05) is 0 Å². The van der Waals surface area contributed by atoms with Crippen molar-refractivity contribution in [1.82, 2.24) is 0 Å². The molecule has 34 heavy (non-hydrogen) atoms. The Morgan fingerprint density at radius 2 is 1.47 bits per heavy atom. The van der Waals surface area contributed by atoms with E-state index in [0.717, 1.165) is 56.1 Å². The molecule has 0 unspecified atom stereocenters. The molecule has 0 heterocycles. The third-order valence-electron chi connectivity index (χ3n) is 7.49. The van der Waals surface area contributed by atoms with Gasteiger partial charge in [0, 0.05) is 0 Å². The van der Waals surface area contributed by atoms with Gasteiger partial charge in [-0.3, -0.25) is 4.79 Å². The molecule has 3 heteroatoms. The molecular formula is C31H43ClO2. The fourth-order valence-electron chi connectivity index (χ4n) is 5.27. The second-order valence-corrected chi connectivity index (χ2v) is 10.6. The fourth-order valence-corrected chi connectivity index (χ4v) is 5.49. The van der Waals surface area contributed by atoms with E-state index in [0.29, 0.717) is 10.8 Å². The van der Waals surface area contributed by atoms with Gasteiger partial charge in [-0.2, -0.15) is 0 Å². The lowest BCUT2D eigenvalue weighted by Gasteiger charge is -2.35. The van der Waals surface area contributed by atoms with Crippen LogP contribution < -0.4 is 4.74 Å². The van der Waals surface area contributed by atoms with Crippen molar-refractivity contribution in [2.45, 2.75) is 110 Å². The molecule has 2 aromatic rings. The summed E-state index contributed by atoms with van der Waals surface area (Å²) >= 11 is 6.61. The van der Waals surface area contributed by atoms with E-state index in [4.69, 9.17) is 16.3 Å². The van der Waals surface area contributed by atoms with E-state index in [1.807, 2.05) is 18.2 Å². The molecule has 0 aromatic heterocycles. The number of unbranched alkanes of at least 4 members (excludes halogenated alkanes) is 6. The van der Waals surface area contributed by atoms with Crippen molar-refractivity contribution in [3.05, 3.63) is 53.1 Å². The summed E-state index contributed by atoms with van der Waals surface area (Å²) < 4.78 is 5.95. The van der Waals surface area contributed by atoms with Gasteiger partial charge in [-0.05, 0) is 60.9 Å². The van der Waals surface area contributed by atoms with Crippen LogP contribution in [0.15, 0.2) is 42.5 Å². The van der Waals surface area contributed by atoms with Crippen molar-refractivity contribution in [3.63, 3.8) is 0 Å². The minimum atomic E-state index is -0.332. The van der Waals surface area contributed by atoms with Gasteiger partial charge in [0.05, 0.1) is 10.4 Å². The number of ether oxygens (including phenoxy) is 1. The van der Waals surface area contributed by atoms with Gasteiger partial charge in [0.1, 0.15) is 5.75 Å². The van der Waals surface area contributed by atoms with Crippen LogP contribution in [0.2, 0.25) is 5.02 Å². The molecule has 0 N–H and O–H groups in total. The number of hydrogen-bond donors (Lipinski definition) is 0. The highest BCUT2D eigenvalue weighted by molar-refractivity contribution is 6.32. The quantitative estimate of drug-likeness (QED) is 0.161. The highest BCUT2D eigenvalue weighted by Crippen LogP contribution is 2.43. The molecule has 0 amide bonds.